The lowest BCUT2D eigenvalue weighted by molar-refractivity contribution is -0.150. The Morgan fingerprint density at radius 3 is 2.56 bits per heavy atom. The van der Waals surface area contributed by atoms with E-state index >= 15 is 0 Å². The van der Waals surface area contributed by atoms with Gasteiger partial charge in [-0.15, -0.1) is 0 Å². The van der Waals surface area contributed by atoms with Crippen LogP contribution < -0.4 is 10.1 Å². The summed E-state index contributed by atoms with van der Waals surface area (Å²) >= 11 is 3.49. The van der Waals surface area contributed by atoms with Crippen LogP contribution >= 0.6 is 15.9 Å². The summed E-state index contributed by atoms with van der Waals surface area (Å²) in [5.41, 5.74) is -0.323. The van der Waals surface area contributed by atoms with Crippen molar-refractivity contribution in [1.82, 2.24) is 5.32 Å². The Kier molecular flexibility index (Phi) is 6.42. The van der Waals surface area contributed by atoms with E-state index in [4.69, 9.17) is 9.47 Å². The number of carbonyl (C=O) groups excluding carboxylic acids is 2. The van der Waals surface area contributed by atoms with E-state index in [9.17, 15) is 9.59 Å². The van der Waals surface area contributed by atoms with Crippen LogP contribution in [-0.2, 0) is 14.3 Å². The fraction of sp³-hybridized carbons (Fsp3) is 0.368. The summed E-state index contributed by atoms with van der Waals surface area (Å²) in [5, 5.41) is 4.86. The molecule has 0 saturated carbocycles. The van der Waals surface area contributed by atoms with Crippen molar-refractivity contribution in [2.75, 3.05) is 13.2 Å². The molecule has 0 unspecified atom stereocenters. The Hall–Kier alpha value is -2.08. The quantitative estimate of drug-likeness (QED) is 0.708. The zero-order valence-corrected chi connectivity index (χ0v) is 16.2. The van der Waals surface area contributed by atoms with Crippen molar-refractivity contribution in [1.29, 1.82) is 0 Å². The molecule has 1 N–H and O–H groups in total. The summed E-state index contributed by atoms with van der Waals surface area (Å²) in [6.07, 6.45) is 0.784. The Labute approximate surface area is 155 Å². The van der Waals surface area contributed by atoms with Crippen LogP contribution in [0.2, 0.25) is 0 Å². The Bertz CT molecular complexity index is 773. The van der Waals surface area contributed by atoms with Gasteiger partial charge in [0.2, 0.25) is 0 Å². The number of esters is 1. The molecule has 5 nitrogen and oxygen atoms in total. The molecule has 0 bridgehead atoms. The van der Waals surface area contributed by atoms with Crippen LogP contribution in [0.1, 0.15) is 27.2 Å². The minimum absolute atomic E-state index is 0.263. The lowest BCUT2D eigenvalue weighted by Crippen LogP contribution is -2.44. The molecular weight excluding hydrogens is 386 g/mol. The lowest BCUT2D eigenvalue weighted by Gasteiger charge is -2.24. The molecule has 25 heavy (non-hydrogen) atoms. The average Bonchev–Trinajstić information content (AvgIpc) is 2.59. The molecule has 134 valence electrons. The molecule has 0 aromatic heterocycles. The van der Waals surface area contributed by atoms with Crippen LogP contribution in [0.25, 0.3) is 10.8 Å². The van der Waals surface area contributed by atoms with E-state index in [-0.39, 0.29) is 24.7 Å². The number of ether oxygens (including phenoxy) is 2. The van der Waals surface area contributed by atoms with E-state index in [0.29, 0.717) is 5.75 Å². The number of hydrogen-bond acceptors (Lipinski definition) is 4. The number of hydrogen-bond donors (Lipinski definition) is 1. The van der Waals surface area contributed by atoms with Crippen LogP contribution in [0, 0.1) is 0 Å². The first-order chi connectivity index (χ1) is 11.8. The van der Waals surface area contributed by atoms with Crippen molar-refractivity contribution < 1.29 is 19.1 Å². The molecule has 0 heterocycles. The van der Waals surface area contributed by atoms with Crippen molar-refractivity contribution in [3.8, 4) is 5.75 Å². The first-order valence-electron chi connectivity index (χ1n) is 8.09. The van der Waals surface area contributed by atoms with Crippen molar-refractivity contribution in [2.45, 2.75) is 32.7 Å². The predicted octanol–water partition coefficient (Wildman–Crippen LogP) is 3.83. The second-order valence-corrected chi connectivity index (χ2v) is 7.13. The zero-order chi connectivity index (χ0) is 18.4. The number of rotatable bonds is 7. The van der Waals surface area contributed by atoms with Gasteiger partial charge in [-0.2, -0.15) is 0 Å². The molecule has 2 rings (SSSR count). The smallest absolute Gasteiger partial charge is 0.344 e. The summed E-state index contributed by atoms with van der Waals surface area (Å²) in [6.45, 7) is 5.22. The van der Waals surface area contributed by atoms with Crippen molar-refractivity contribution >= 4 is 38.6 Å². The third-order valence-electron chi connectivity index (χ3n) is 3.90. The average molecular weight is 408 g/mol. The van der Waals surface area contributed by atoms with Crippen LogP contribution in [-0.4, -0.2) is 30.6 Å². The van der Waals surface area contributed by atoms with E-state index < -0.39 is 5.97 Å². The molecule has 0 aliphatic heterocycles. The van der Waals surface area contributed by atoms with Gasteiger partial charge in [0.25, 0.3) is 5.91 Å². The Balaban J connectivity index is 1.86. The molecule has 0 saturated heterocycles. The van der Waals surface area contributed by atoms with E-state index in [1.807, 2.05) is 51.1 Å². The van der Waals surface area contributed by atoms with E-state index in [1.54, 1.807) is 6.07 Å². The number of halogens is 1. The Morgan fingerprint density at radius 1 is 1.12 bits per heavy atom. The summed E-state index contributed by atoms with van der Waals surface area (Å²) in [7, 11) is 0. The van der Waals surface area contributed by atoms with E-state index in [2.05, 4.69) is 21.2 Å². The molecule has 0 spiro atoms. The van der Waals surface area contributed by atoms with Crippen LogP contribution in [0.4, 0.5) is 0 Å². The normalized spacial score (nSPS) is 11.2. The highest BCUT2D eigenvalue weighted by atomic mass is 79.9. The van der Waals surface area contributed by atoms with Gasteiger partial charge in [-0.1, -0.05) is 37.3 Å². The van der Waals surface area contributed by atoms with Gasteiger partial charge in [-0.25, -0.2) is 4.79 Å². The molecular formula is C19H22BrNO4. The summed E-state index contributed by atoms with van der Waals surface area (Å²) in [4.78, 5) is 23.5. The minimum atomic E-state index is -0.593. The van der Waals surface area contributed by atoms with Crippen LogP contribution in [0.3, 0.4) is 0 Å². The molecule has 2 aromatic rings. The van der Waals surface area contributed by atoms with Gasteiger partial charge >= 0.3 is 5.97 Å². The predicted molar refractivity (Wildman–Crippen MR) is 101 cm³/mol. The monoisotopic (exact) mass is 407 g/mol. The lowest BCUT2D eigenvalue weighted by atomic mass is 10.0. The first kappa shape index (κ1) is 19.2. The van der Waals surface area contributed by atoms with Gasteiger partial charge < -0.3 is 14.8 Å². The summed E-state index contributed by atoms with van der Waals surface area (Å²) in [6, 6.07) is 11.6. The van der Waals surface area contributed by atoms with Crippen LogP contribution in [0.15, 0.2) is 40.9 Å². The second-order valence-electron chi connectivity index (χ2n) is 6.33. The van der Waals surface area contributed by atoms with Gasteiger partial charge in [0.05, 0.1) is 4.47 Å². The maximum atomic E-state index is 11.8. The topological polar surface area (TPSA) is 64.6 Å². The third kappa shape index (κ3) is 5.46. The molecule has 1 amide bonds. The SMILES string of the molecule is CCC(C)(C)NC(=O)COC(=O)COc1ccc2ccccc2c1Br. The number of carbonyl (C=O) groups is 2. The largest absolute Gasteiger partial charge is 0.481 e. The standard InChI is InChI=1S/C19H22BrNO4/c1-4-19(2,3)21-16(22)11-25-17(23)12-24-15-10-9-13-7-5-6-8-14(13)18(15)20/h5-10H,4,11-12H2,1-3H3,(H,21,22). The highest BCUT2D eigenvalue weighted by Gasteiger charge is 2.19. The number of benzene rings is 2. The highest BCUT2D eigenvalue weighted by molar-refractivity contribution is 9.10. The number of fused-ring (bicyclic) bond motifs is 1. The Morgan fingerprint density at radius 2 is 1.84 bits per heavy atom. The maximum absolute atomic E-state index is 11.8. The fourth-order valence-corrected chi connectivity index (χ4v) is 2.76. The molecule has 0 fully saturated rings. The zero-order valence-electron chi connectivity index (χ0n) is 14.6. The molecule has 0 radical (unpaired) electrons. The van der Waals surface area contributed by atoms with Gasteiger partial charge in [-0.05, 0) is 53.0 Å². The highest BCUT2D eigenvalue weighted by Crippen LogP contribution is 2.32. The third-order valence-corrected chi connectivity index (χ3v) is 4.72. The van der Waals surface area contributed by atoms with Gasteiger partial charge in [-0.3, -0.25) is 4.79 Å². The van der Waals surface area contributed by atoms with E-state index in [1.165, 1.54) is 0 Å². The van der Waals surface area contributed by atoms with Crippen molar-refractivity contribution in [2.24, 2.45) is 0 Å². The molecule has 0 aliphatic carbocycles. The number of amides is 1. The van der Waals surface area contributed by atoms with Crippen molar-refractivity contribution in [3.63, 3.8) is 0 Å². The van der Waals surface area contributed by atoms with Crippen molar-refractivity contribution in [3.05, 3.63) is 40.9 Å². The minimum Gasteiger partial charge on any atom is -0.481 e. The first-order valence-corrected chi connectivity index (χ1v) is 8.88. The fourth-order valence-electron chi connectivity index (χ4n) is 2.15. The second kappa shape index (κ2) is 8.34. The summed E-state index contributed by atoms with van der Waals surface area (Å²) in [5.74, 6) is -0.371. The molecule has 0 aliphatic rings. The van der Waals surface area contributed by atoms with Gasteiger partial charge in [0.15, 0.2) is 13.2 Å². The summed E-state index contributed by atoms with van der Waals surface area (Å²) < 4.78 is 11.2. The molecule has 6 heteroatoms. The van der Waals surface area contributed by atoms with Gasteiger partial charge in [0, 0.05) is 5.54 Å². The molecule has 2 aromatic carbocycles. The van der Waals surface area contributed by atoms with E-state index in [0.717, 1.165) is 21.7 Å². The maximum Gasteiger partial charge on any atom is 0.344 e. The number of nitrogens with one attached hydrogen (secondary N) is 1. The van der Waals surface area contributed by atoms with Gasteiger partial charge in [0.1, 0.15) is 5.75 Å². The van der Waals surface area contributed by atoms with Crippen LogP contribution in [0.5, 0.6) is 5.75 Å². The molecule has 0 atom stereocenters.